The molecule has 8 nitrogen and oxygen atoms in total. The van der Waals surface area contributed by atoms with Crippen LogP contribution in [0.2, 0.25) is 5.02 Å². The Labute approximate surface area is 238 Å². The van der Waals surface area contributed by atoms with Gasteiger partial charge in [0.15, 0.2) is 0 Å². The third kappa shape index (κ3) is 7.53. The first-order valence-corrected chi connectivity index (χ1v) is 14.7. The lowest BCUT2D eigenvalue weighted by Crippen LogP contribution is -2.60. The van der Waals surface area contributed by atoms with Crippen LogP contribution in [-0.4, -0.2) is 96.5 Å². The third-order valence-corrected chi connectivity index (χ3v) is 8.64. The lowest BCUT2D eigenvalue weighted by molar-refractivity contribution is -0.147. The van der Waals surface area contributed by atoms with Crippen LogP contribution in [0, 0.1) is 11.3 Å². The van der Waals surface area contributed by atoms with Crippen molar-refractivity contribution in [1.29, 1.82) is 0 Å². The molecule has 0 aliphatic carbocycles. The van der Waals surface area contributed by atoms with E-state index < -0.39 is 6.04 Å². The van der Waals surface area contributed by atoms with Gasteiger partial charge in [0.25, 0.3) is 0 Å². The summed E-state index contributed by atoms with van der Waals surface area (Å²) in [4.78, 5) is 45.7. The number of nitrogens with one attached hydrogen (secondary N) is 1. The molecule has 2 unspecified atom stereocenters. The molecule has 4 atom stereocenters. The van der Waals surface area contributed by atoms with Gasteiger partial charge in [-0.2, -0.15) is 0 Å². The molecule has 1 N–H and O–H groups in total. The Morgan fingerprint density at radius 1 is 1.05 bits per heavy atom. The zero-order valence-electron chi connectivity index (χ0n) is 24.1. The van der Waals surface area contributed by atoms with Gasteiger partial charge in [-0.3, -0.25) is 19.3 Å². The molecule has 3 amide bonds. The van der Waals surface area contributed by atoms with Crippen LogP contribution in [0.25, 0.3) is 0 Å². The normalized spacial score (nSPS) is 25.9. The second kappa shape index (κ2) is 12.6. The summed E-state index contributed by atoms with van der Waals surface area (Å²) in [5.41, 5.74) is 1.04. The minimum Gasteiger partial charge on any atom is -0.381 e. The second-order valence-electron chi connectivity index (χ2n) is 12.7. The highest BCUT2D eigenvalue weighted by Crippen LogP contribution is 2.37. The summed E-state index contributed by atoms with van der Waals surface area (Å²) in [6.07, 6.45) is 2.55. The van der Waals surface area contributed by atoms with Crippen LogP contribution in [0.3, 0.4) is 0 Å². The number of halogens is 1. The summed E-state index contributed by atoms with van der Waals surface area (Å²) in [6.45, 7) is 14.2. The molecule has 3 fully saturated rings. The number of nitrogens with zero attached hydrogens (tertiary/aromatic N) is 3. The van der Waals surface area contributed by atoms with E-state index in [2.05, 4.69) is 43.1 Å². The van der Waals surface area contributed by atoms with Gasteiger partial charge in [-0.15, -0.1) is 0 Å². The zero-order chi connectivity index (χ0) is 28.3. The van der Waals surface area contributed by atoms with Crippen LogP contribution in [0.15, 0.2) is 24.3 Å². The number of benzene rings is 1. The minimum atomic E-state index is -0.565. The van der Waals surface area contributed by atoms with Crippen molar-refractivity contribution in [2.24, 2.45) is 11.3 Å². The van der Waals surface area contributed by atoms with Crippen molar-refractivity contribution in [3.8, 4) is 0 Å². The Morgan fingerprint density at radius 2 is 1.72 bits per heavy atom. The monoisotopic (exact) mass is 560 g/mol. The highest BCUT2D eigenvalue weighted by atomic mass is 35.5. The molecule has 0 radical (unpaired) electrons. The molecule has 1 aromatic rings. The van der Waals surface area contributed by atoms with E-state index in [1.807, 2.05) is 28.9 Å². The van der Waals surface area contributed by atoms with Crippen molar-refractivity contribution in [3.63, 3.8) is 0 Å². The molecule has 0 spiro atoms. The summed E-state index contributed by atoms with van der Waals surface area (Å²) in [6, 6.07) is 7.66. The number of rotatable bonds is 6. The summed E-state index contributed by atoms with van der Waals surface area (Å²) >= 11 is 6.18. The summed E-state index contributed by atoms with van der Waals surface area (Å²) in [5, 5.41) is 3.56. The molecule has 3 saturated heterocycles. The Hall–Kier alpha value is -2.16. The molecule has 39 heavy (non-hydrogen) atoms. The molecular formula is C30H45ClN4O4. The standard InChI is InChI=1S/C30H45ClN4O4/c1-20-17-33(12-13-35(20)29(38)27(32-21(2)36)16-30(3,4)5)28(37)26-19-34(24-10-14-39-15-11-24)18-25(26)22-6-8-23(31)9-7-22/h6-9,20,24-27H,10-19H2,1-5H3,(H,32,36)/t20-,25?,26?,27+/m1/s1. The smallest absolute Gasteiger partial charge is 0.245 e. The van der Waals surface area contributed by atoms with Gasteiger partial charge in [0.2, 0.25) is 17.7 Å². The van der Waals surface area contributed by atoms with Crippen molar-refractivity contribution in [2.75, 3.05) is 45.9 Å². The second-order valence-corrected chi connectivity index (χ2v) is 13.2. The van der Waals surface area contributed by atoms with Gasteiger partial charge in [0, 0.05) is 75.9 Å². The van der Waals surface area contributed by atoms with Crippen molar-refractivity contribution in [1.82, 2.24) is 20.0 Å². The van der Waals surface area contributed by atoms with Crippen molar-refractivity contribution in [2.45, 2.75) is 77.9 Å². The highest BCUT2D eigenvalue weighted by Gasteiger charge is 2.44. The van der Waals surface area contributed by atoms with Crippen molar-refractivity contribution in [3.05, 3.63) is 34.9 Å². The summed E-state index contributed by atoms with van der Waals surface area (Å²) in [5.74, 6) is -0.149. The zero-order valence-corrected chi connectivity index (χ0v) is 24.9. The number of piperazine rings is 1. The Kier molecular flexibility index (Phi) is 9.61. The Balaban J connectivity index is 1.46. The van der Waals surface area contributed by atoms with E-state index in [4.69, 9.17) is 16.3 Å². The molecule has 216 valence electrons. The number of amides is 3. The van der Waals surface area contributed by atoms with E-state index in [1.54, 1.807) is 0 Å². The molecule has 0 bridgehead atoms. The molecule has 9 heteroatoms. The topological polar surface area (TPSA) is 82.2 Å². The number of carbonyl (C=O) groups excluding carboxylic acids is 3. The maximum absolute atomic E-state index is 14.1. The average Bonchev–Trinajstić information content (AvgIpc) is 3.33. The first kappa shape index (κ1) is 29.8. The van der Waals surface area contributed by atoms with Gasteiger partial charge in [-0.1, -0.05) is 44.5 Å². The fourth-order valence-corrected chi connectivity index (χ4v) is 6.58. The molecule has 3 heterocycles. The molecule has 3 aliphatic heterocycles. The van der Waals surface area contributed by atoms with Gasteiger partial charge in [-0.25, -0.2) is 0 Å². The number of hydrogen-bond acceptors (Lipinski definition) is 5. The summed E-state index contributed by atoms with van der Waals surface area (Å²) < 4.78 is 5.59. The maximum Gasteiger partial charge on any atom is 0.245 e. The van der Waals surface area contributed by atoms with Gasteiger partial charge < -0.3 is 19.9 Å². The number of likely N-dealkylation sites (tertiary alicyclic amines) is 1. The molecular weight excluding hydrogens is 516 g/mol. The van der Waals surface area contributed by atoms with Gasteiger partial charge >= 0.3 is 0 Å². The van der Waals surface area contributed by atoms with Gasteiger partial charge in [0.05, 0.1) is 5.92 Å². The SMILES string of the molecule is CC(=O)N[C@@H](CC(C)(C)C)C(=O)N1CCN(C(=O)C2CN(C3CCOCC3)CC2c2ccc(Cl)cc2)C[C@H]1C. The van der Waals surface area contributed by atoms with Crippen LogP contribution >= 0.6 is 11.6 Å². The lowest BCUT2D eigenvalue weighted by atomic mass is 9.87. The molecule has 0 saturated carbocycles. The van der Waals surface area contributed by atoms with E-state index in [1.165, 1.54) is 6.92 Å². The van der Waals surface area contributed by atoms with Gasteiger partial charge in [0.1, 0.15) is 6.04 Å². The van der Waals surface area contributed by atoms with Crippen LogP contribution in [0.4, 0.5) is 0 Å². The molecule has 4 rings (SSSR count). The van der Waals surface area contributed by atoms with Crippen molar-refractivity contribution < 1.29 is 19.1 Å². The van der Waals surface area contributed by atoms with Crippen LogP contribution in [-0.2, 0) is 19.1 Å². The lowest BCUT2D eigenvalue weighted by Gasteiger charge is -2.43. The fourth-order valence-electron chi connectivity index (χ4n) is 6.46. The maximum atomic E-state index is 14.1. The first-order valence-electron chi connectivity index (χ1n) is 14.4. The number of ether oxygens (including phenoxy) is 1. The highest BCUT2D eigenvalue weighted by molar-refractivity contribution is 6.30. The number of carbonyl (C=O) groups is 3. The van der Waals surface area contributed by atoms with Crippen molar-refractivity contribution >= 4 is 29.3 Å². The van der Waals surface area contributed by atoms with E-state index >= 15 is 0 Å². The van der Waals surface area contributed by atoms with E-state index in [0.717, 1.165) is 44.7 Å². The Morgan fingerprint density at radius 3 is 2.31 bits per heavy atom. The molecule has 3 aliphatic rings. The predicted molar refractivity (Wildman–Crippen MR) is 153 cm³/mol. The quantitative estimate of drug-likeness (QED) is 0.575. The van der Waals surface area contributed by atoms with Crippen LogP contribution in [0.1, 0.15) is 65.4 Å². The predicted octanol–water partition coefficient (Wildman–Crippen LogP) is 3.53. The Bertz CT molecular complexity index is 1020. The first-order chi connectivity index (χ1) is 18.4. The molecule has 1 aromatic carbocycles. The largest absolute Gasteiger partial charge is 0.381 e. The fraction of sp³-hybridized carbons (Fsp3) is 0.700. The van der Waals surface area contributed by atoms with E-state index in [0.29, 0.717) is 37.1 Å². The third-order valence-electron chi connectivity index (χ3n) is 8.39. The molecule has 0 aromatic heterocycles. The van der Waals surface area contributed by atoms with Gasteiger partial charge in [-0.05, 0) is 49.3 Å². The minimum absolute atomic E-state index is 0.0645. The van der Waals surface area contributed by atoms with E-state index in [-0.39, 0.29) is 41.0 Å². The van der Waals surface area contributed by atoms with Crippen LogP contribution < -0.4 is 5.32 Å². The van der Waals surface area contributed by atoms with Crippen LogP contribution in [0.5, 0.6) is 0 Å². The average molecular weight is 561 g/mol. The number of hydrogen-bond donors (Lipinski definition) is 1. The van der Waals surface area contributed by atoms with E-state index in [9.17, 15) is 14.4 Å². The summed E-state index contributed by atoms with van der Waals surface area (Å²) in [7, 11) is 0.